The van der Waals surface area contributed by atoms with Gasteiger partial charge in [0.05, 0.1) is 6.54 Å². The number of aromatic nitrogens is 6. The summed E-state index contributed by atoms with van der Waals surface area (Å²) in [5.74, 6) is -0.397. The molecule has 1 aromatic carbocycles. The van der Waals surface area contributed by atoms with E-state index in [4.69, 9.17) is 4.74 Å². The van der Waals surface area contributed by atoms with E-state index in [0.29, 0.717) is 5.56 Å². The number of hydrogen-bond donors (Lipinski definition) is 1. The van der Waals surface area contributed by atoms with Crippen molar-refractivity contribution in [1.82, 2.24) is 29.5 Å². The van der Waals surface area contributed by atoms with Gasteiger partial charge in [-0.05, 0) is 17.7 Å². The Hall–Kier alpha value is -2.65. The average Bonchev–Trinajstić information content (AvgIpc) is 3.22. The summed E-state index contributed by atoms with van der Waals surface area (Å²) in [4.78, 5) is 7.74. The molecule has 0 aliphatic rings. The van der Waals surface area contributed by atoms with Gasteiger partial charge in [0.15, 0.2) is 11.8 Å². The summed E-state index contributed by atoms with van der Waals surface area (Å²) in [5.41, 5.74) is -1.11. The Morgan fingerprint density at radius 3 is 2.43 bits per heavy atom. The van der Waals surface area contributed by atoms with Gasteiger partial charge >= 0.3 is 0 Å². The summed E-state index contributed by atoms with van der Waals surface area (Å²) in [5, 5.41) is 19.4. The van der Waals surface area contributed by atoms with Crippen LogP contribution in [-0.2, 0) is 16.9 Å². The van der Waals surface area contributed by atoms with Gasteiger partial charge in [0.2, 0.25) is 0 Å². The normalized spacial score (nSPS) is 15.3. The Kier molecular flexibility index (Phi) is 4.13. The van der Waals surface area contributed by atoms with Crippen LogP contribution in [0.4, 0.5) is 4.39 Å². The monoisotopic (exact) mass is 318 g/mol. The molecule has 0 unspecified atom stereocenters. The fourth-order valence-electron chi connectivity index (χ4n) is 2.47. The Balaban J connectivity index is 2.06. The number of ether oxygens (including phenoxy) is 1. The van der Waals surface area contributed by atoms with E-state index in [1.807, 2.05) is 0 Å². The van der Waals surface area contributed by atoms with E-state index in [0.717, 1.165) is 0 Å². The first-order valence-corrected chi connectivity index (χ1v) is 6.81. The summed E-state index contributed by atoms with van der Waals surface area (Å²) < 4.78 is 21.5. The van der Waals surface area contributed by atoms with Crippen molar-refractivity contribution >= 4 is 0 Å². The van der Waals surface area contributed by atoms with Crippen molar-refractivity contribution in [2.24, 2.45) is 0 Å². The van der Waals surface area contributed by atoms with Crippen LogP contribution < -0.4 is 0 Å². The molecule has 0 amide bonds. The second-order valence-electron chi connectivity index (χ2n) is 4.99. The predicted octanol–water partition coefficient (Wildman–Crippen LogP) is 0.742. The first-order chi connectivity index (χ1) is 11.1. The van der Waals surface area contributed by atoms with Crippen molar-refractivity contribution in [1.29, 1.82) is 0 Å². The van der Waals surface area contributed by atoms with Crippen LogP contribution in [0.5, 0.6) is 0 Å². The van der Waals surface area contributed by atoms with Gasteiger partial charge in [-0.25, -0.2) is 23.7 Å². The standard InChI is InChI=1S/C14H15FN6O2/c1-23-13(21-10-17-8-19-21)14(22,6-20-9-16-7-18-20)11-2-4-12(15)5-3-11/h2-5,7-10,13,22H,6H2,1H3/t13-,14+/m1/s1. The van der Waals surface area contributed by atoms with Gasteiger partial charge in [-0.3, -0.25) is 0 Å². The summed E-state index contributed by atoms with van der Waals surface area (Å²) >= 11 is 0. The summed E-state index contributed by atoms with van der Waals surface area (Å²) in [6, 6.07) is 5.54. The number of aliphatic hydroxyl groups is 1. The first-order valence-electron chi connectivity index (χ1n) is 6.81. The van der Waals surface area contributed by atoms with Crippen LogP contribution in [0, 0.1) is 5.82 Å². The highest BCUT2D eigenvalue weighted by molar-refractivity contribution is 5.24. The van der Waals surface area contributed by atoms with Gasteiger partial charge in [0, 0.05) is 7.11 Å². The minimum absolute atomic E-state index is 0.0387. The Morgan fingerprint density at radius 1 is 1.17 bits per heavy atom. The molecule has 0 fully saturated rings. The Morgan fingerprint density at radius 2 is 1.87 bits per heavy atom. The molecule has 8 nitrogen and oxygen atoms in total. The molecule has 0 saturated carbocycles. The highest BCUT2D eigenvalue weighted by atomic mass is 19.1. The van der Waals surface area contributed by atoms with Crippen LogP contribution >= 0.6 is 0 Å². The van der Waals surface area contributed by atoms with Crippen LogP contribution in [-0.4, -0.2) is 41.7 Å². The molecule has 9 heteroatoms. The van der Waals surface area contributed by atoms with Crippen molar-refractivity contribution in [2.45, 2.75) is 18.4 Å². The van der Waals surface area contributed by atoms with Crippen molar-refractivity contribution in [3.8, 4) is 0 Å². The Bertz CT molecular complexity index is 731. The number of methoxy groups -OCH3 is 1. The van der Waals surface area contributed by atoms with E-state index in [1.165, 1.54) is 66.0 Å². The van der Waals surface area contributed by atoms with Gasteiger partial charge in [-0.1, -0.05) is 12.1 Å². The van der Waals surface area contributed by atoms with E-state index in [2.05, 4.69) is 20.2 Å². The molecule has 0 aliphatic carbocycles. The molecule has 120 valence electrons. The molecule has 1 N–H and O–H groups in total. The predicted molar refractivity (Wildman–Crippen MR) is 76.4 cm³/mol. The molecule has 23 heavy (non-hydrogen) atoms. The van der Waals surface area contributed by atoms with Gasteiger partial charge < -0.3 is 9.84 Å². The molecule has 0 bridgehead atoms. The van der Waals surface area contributed by atoms with E-state index >= 15 is 0 Å². The fraction of sp³-hybridized carbons (Fsp3) is 0.286. The summed E-state index contributed by atoms with van der Waals surface area (Å²) in [6.45, 7) is 0.0387. The smallest absolute Gasteiger partial charge is 0.186 e. The second-order valence-corrected chi connectivity index (χ2v) is 4.99. The maximum Gasteiger partial charge on any atom is 0.186 e. The zero-order chi connectivity index (χ0) is 16.3. The van der Waals surface area contributed by atoms with Crippen molar-refractivity contribution in [3.05, 3.63) is 61.0 Å². The molecule has 0 radical (unpaired) electrons. The number of halogens is 1. The van der Waals surface area contributed by atoms with Crippen molar-refractivity contribution in [2.75, 3.05) is 7.11 Å². The fourth-order valence-corrected chi connectivity index (χ4v) is 2.47. The van der Waals surface area contributed by atoms with Crippen molar-refractivity contribution in [3.63, 3.8) is 0 Å². The third-order valence-electron chi connectivity index (χ3n) is 3.52. The molecule has 2 atom stereocenters. The van der Waals surface area contributed by atoms with E-state index in [9.17, 15) is 9.50 Å². The van der Waals surface area contributed by atoms with Gasteiger partial charge in [-0.2, -0.15) is 10.2 Å². The molecule has 3 rings (SSSR count). The van der Waals surface area contributed by atoms with Crippen LogP contribution in [0.1, 0.15) is 11.8 Å². The highest BCUT2D eigenvalue weighted by Crippen LogP contribution is 2.35. The van der Waals surface area contributed by atoms with Crippen LogP contribution in [0.2, 0.25) is 0 Å². The molecule has 2 aromatic heterocycles. The number of nitrogens with zero attached hydrogens (tertiary/aromatic N) is 6. The number of benzene rings is 1. The molecule has 0 aliphatic heterocycles. The third kappa shape index (κ3) is 2.96. The highest BCUT2D eigenvalue weighted by Gasteiger charge is 2.41. The average molecular weight is 318 g/mol. The van der Waals surface area contributed by atoms with Gasteiger partial charge in [0.1, 0.15) is 31.1 Å². The molecule has 0 saturated heterocycles. The maximum atomic E-state index is 13.2. The number of rotatable bonds is 6. The maximum absolute atomic E-state index is 13.2. The second kappa shape index (κ2) is 6.23. The SMILES string of the molecule is CO[C@@H](n1cncn1)[C@](O)(Cn1cncn1)c1ccc(F)cc1. The summed E-state index contributed by atoms with van der Waals surface area (Å²) in [6.07, 6.45) is 4.72. The largest absolute Gasteiger partial charge is 0.378 e. The van der Waals surface area contributed by atoms with E-state index in [1.54, 1.807) is 0 Å². The minimum atomic E-state index is -1.57. The van der Waals surface area contributed by atoms with Gasteiger partial charge in [-0.15, -0.1) is 0 Å². The lowest BCUT2D eigenvalue weighted by Crippen LogP contribution is -2.42. The van der Waals surface area contributed by atoms with Crippen LogP contribution in [0.25, 0.3) is 0 Å². The van der Waals surface area contributed by atoms with Gasteiger partial charge in [0.25, 0.3) is 0 Å². The van der Waals surface area contributed by atoms with Crippen molar-refractivity contribution < 1.29 is 14.2 Å². The lowest BCUT2D eigenvalue weighted by Gasteiger charge is -2.35. The first kappa shape index (κ1) is 15.3. The minimum Gasteiger partial charge on any atom is -0.378 e. The topological polar surface area (TPSA) is 90.9 Å². The summed E-state index contributed by atoms with van der Waals surface area (Å²) in [7, 11) is 1.45. The quantitative estimate of drug-likeness (QED) is 0.721. The molecule has 3 aromatic rings. The van der Waals surface area contributed by atoms with Crippen LogP contribution in [0.3, 0.4) is 0 Å². The van der Waals surface area contributed by atoms with E-state index < -0.39 is 17.6 Å². The third-order valence-corrected chi connectivity index (χ3v) is 3.52. The molecular formula is C14H15FN6O2. The zero-order valence-corrected chi connectivity index (χ0v) is 12.3. The van der Waals surface area contributed by atoms with Crippen LogP contribution in [0.15, 0.2) is 49.6 Å². The lowest BCUT2D eigenvalue weighted by molar-refractivity contribution is -0.154. The zero-order valence-electron chi connectivity index (χ0n) is 12.3. The molecule has 0 spiro atoms. The van der Waals surface area contributed by atoms with E-state index in [-0.39, 0.29) is 6.54 Å². The molecule has 2 heterocycles. The lowest BCUT2D eigenvalue weighted by atomic mass is 9.91. The Labute approximate surface area is 131 Å². The molecular weight excluding hydrogens is 303 g/mol. The number of hydrogen-bond acceptors (Lipinski definition) is 6.